The van der Waals surface area contributed by atoms with Crippen molar-refractivity contribution in [3.05, 3.63) is 94.3 Å². The second-order valence-electron chi connectivity index (χ2n) is 9.15. The van der Waals surface area contributed by atoms with Gasteiger partial charge < -0.3 is 13.9 Å². The summed E-state index contributed by atoms with van der Waals surface area (Å²) < 4.78 is 17.3. The van der Waals surface area contributed by atoms with Gasteiger partial charge in [0.25, 0.3) is 0 Å². The van der Waals surface area contributed by atoms with Crippen molar-refractivity contribution in [3.63, 3.8) is 0 Å². The lowest BCUT2D eigenvalue weighted by atomic mass is 9.98. The lowest BCUT2D eigenvalue weighted by molar-refractivity contribution is 0.0266. The van der Waals surface area contributed by atoms with Crippen LogP contribution < -0.4 is 15.1 Å². The Kier molecular flexibility index (Phi) is 6.87. The van der Waals surface area contributed by atoms with Crippen LogP contribution in [-0.2, 0) is 6.42 Å². The summed E-state index contributed by atoms with van der Waals surface area (Å²) in [6.45, 7) is 4.27. The molecule has 0 radical (unpaired) electrons. The molecule has 5 heteroatoms. The Morgan fingerprint density at radius 1 is 0.943 bits per heavy atom. The zero-order valence-corrected chi connectivity index (χ0v) is 20.3. The number of benzene rings is 3. The number of methoxy groups -OCH3 is 1. The molecule has 1 fully saturated rings. The molecule has 1 aliphatic heterocycles. The van der Waals surface area contributed by atoms with E-state index in [4.69, 9.17) is 13.9 Å². The van der Waals surface area contributed by atoms with Gasteiger partial charge in [-0.25, -0.2) is 4.79 Å². The van der Waals surface area contributed by atoms with E-state index in [2.05, 4.69) is 30.0 Å². The van der Waals surface area contributed by atoms with Crippen LogP contribution in [0.5, 0.6) is 11.5 Å². The third-order valence-electron chi connectivity index (χ3n) is 6.74. The van der Waals surface area contributed by atoms with Gasteiger partial charge in [-0.3, -0.25) is 4.90 Å². The molecule has 35 heavy (non-hydrogen) atoms. The molecule has 1 atom stereocenters. The van der Waals surface area contributed by atoms with Crippen LogP contribution in [0.3, 0.4) is 0 Å². The molecule has 3 aromatic carbocycles. The third kappa shape index (κ3) is 5.25. The average molecular weight is 470 g/mol. The molecular weight excluding hydrogens is 438 g/mol. The van der Waals surface area contributed by atoms with Crippen molar-refractivity contribution >= 4 is 11.0 Å². The monoisotopic (exact) mass is 469 g/mol. The van der Waals surface area contributed by atoms with Gasteiger partial charge in [-0.05, 0) is 61.2 Å². The first-order valence-corrected chi connectivity index (χ1v) is 12.3. The minimum absolute atomic E-state index is 0.00753. The summed E-state index contributed by atoms with van der Waals surface area (Å²) in [5, 5.41) is 0.874. The molecule has 0 bridgehead atoms. The van der Waals surface area contributed by atoms with Crippen molar-refractivity contribution in [2.45, 2.75) is 38.8 Å². The highest BCUT2D eigenvalue weighted by atomic mass is 16.5. The predicted octanol–water partition coefficient (Wildman–Crippen LogP) is 6.27. The van der Waals surface area contributed by atoms with Gasteiger partial charge in [-0.1, -0.05) is 42.8 Å². The summed E-state index contributed by atoms with van der Waals surface area (Å²) in [7, 11) is 1.60. The Balaban J connectivity index is 1.46. The zero-order chi connectivity index (χ0) is 24.2. The van der Waals surface area contributed by atoms with Crippen molar-refractivity contribution in [3.8, 4) is 22.6 Å². The van der Waals surface area contributed by atoms with E-state index in [1.807, 2.05) is 48.5 Å². The number of hydrogen-bond acceptors (Lipinski definition) is 5. The van der Waals surface area contributed by atoms with Crippen molar-refractivity contribution < 1.29 is 13.9 Å². The summed E-state index contributed by atoms with van der Waals surface area (Å²) in [6, 6.07) is 23.9. The molecule has 2 heterocycles. The SMILES string of the molecule is COc1ccc2cc(Cc3ccc(OC(C)N4CCCCC4)c(-c4ccccc4)c3)c(=O)oc2c1. The fraction of sp³-hybridized carbons (Fsp3) is 0.300. The Morgan fingerprint density at radius 2 is 1.74 bits per heavy atom. The highest BCUT2D eigenvalue weighted by Crippen LogP contribution is 2.33. The lowest BCUT2D eigenvalue weighted by Gasteiger charge is -2.32. The number of fused-ring (bicyclic) bond motifs is 1. The van der Waals surface area contributed by atoms with Gasteiger partial charge in [0.2, 0.25) is 0 Å². The first-order valence-electron chi connectivity index (χ1n) is 12.3. The molecule has 180 valence electrons. The highest BCUT2D eigenvalue weighted by molar-refractivity contribution is 5.78. The fourth-order valence-corrected chi connectivity index (χ4v) is 4.78. The summed E-state index contributed by atoms with van der Waals surface area (Å²) in [6.07, 6.45) is 4.22. The minimum Gasteiger partial charge on any atom is -0.497 e. The molecular formula is C30H31NO4. The second-order valence-corrected chi connectivity index (χ2v) is 9.15. The highest BCUT2D eigenvalue weighted by Gasteiger charge is 2.20. The van der Waals surface area contributed by atoms with E-state index in [1.165, 1.54) is 19.3 Å². The normalized spacial score (nSPS) is 15.1. The molecule has 1 aliphatic rings. The Hall–Kier alpha value is -3.57. The zero-order valence-electron chi connectivity index (χ0n) is 20.3. The van der Waals surface area contributed by atoms with Crippen molar-refractivity contribution in [1.82, 2.24) is 4.90 Å². The third-order valence-corrected chi connectivity index (χ3v) is 6.74. The first kappa shape index (κ1) is 23.2. The van der Waals surface area contributed by atoms with E-state index >= 15 is 0 Å². The van der Waals surface area contributed by atoms with Gasteiger partial charge in [0.15, 0.2) is 0 Å². The maximum Gasteiger partial charge on any atom is 0.339 e. The summed E-state index contributed by atoms with van der Waals surface area (Å²) in [4.78, 5) is 15.1. The number of rotatable bonds is 7. The number of piperidine rings is 1. The van der Waals surface area contributed by atoms with E-state index in [9.17, 15) is 4.79 Å². The van der Waals surface area contributed by atoms with Crippen LogP contribution in [0.4, 0.5) is 0 Å². The predicted molar refractivity (Wildman–Crippen MR) is 139 cm³/mol. The first-order chi connectivity index (χ1) is 17.1. The van der Waals surface area contributed by atoms with Crippen LogP contribution in [-0.4, -0.2) is 31.3 Å². The van der Waals surface area contributed by atoms with E-state index in [1.54, 1.807) is 13.2 Å². The van der Waals surface area contributed by atoms with Gasteiger partial charge in [0.1, 0.15) is 23.3 Å². The van der Waals surface area contributed by atoms with Crippen LogP contribution in [0.25, 0.3) is 22.1 Å². The maximum atomic E-state index is 12.7. The maximum absolute atomic E-state index is 12.7. The topological polar surface area (TPSA) is 51.9 Å². The van der Waals surface area contributed by atoms with Crippen molar-refractivity contribution in [1.29, 1.82) is 0 Å². The van der Waals surface area contributed by atoms with Gasteiger partial charge in [-0.15, -0.1) is 0 Å². The summed E-state index contributed by atoms with van der Waals surface area (Å²) in [5.74, 6) is 1.52. The molecule has 0 aliphatic carbocycles. The van der Waals surface area contributed by atoms with Crippen LogP contribution in [0.15, 0.2) is 82.0 Å². The minimum atomic E-state index is -0.328. The van der Waals surface area contributed by atoms with E-state index in [0.29, 0.717) is 23.3 Å². The number of likely N-dealkylation sites (tertiary alicyclic amines) is 1. The summed E-state index contributed by atoms with van der Waals surface area (Å²) >= 11 is 0. The van der Waals surface area contributed by atoms with E-state index in [-0.39, 0.29) is 11.9 Å². The molecule has 0 N–H and O–H groups in total. The van der Waals surface area contributed by atoms with Crippen LogP contribution in [0, 0.1) is 0 Å². The van der Waals surface area contributed by atoms with E-state index < -0.39 is 0 Å². The average Bonchev–Trinajstić information content (AvgIpc) is 2.90. The molecule has 1 aromatic heterocycles. The van der Waals surface area contributed by atoms with Crippen molar-refractivity contribution in [2.24, 2.45) is 0 Å². The van der Waals surface area contributed by atoms with Gasteiger partial charge >= 0.3 is 5.63 Å². The molecule has 5 nitrogen and oxygen atoms in total. The Morgan fingerprint density at radius 3 is 2.51 bits per heavy atom. The van der Waals surface area contributed by atoms with Crippen LogP contribution >= 0.6 is 0 Å². The van der Waals surface area contributed by atoms with Gasteiger partial charge in [-0.2, -0.15) is 0 Å². The Bertz CT molecular complexity index is 1360. The fourth-order valence-electron chi connectivity index (χ4n) is 4.78. The molecule has 4 aromatic rings. The standard InChI is InChI=1S/C30H31NO4/c1-21(31-15-7-4-8-16-31)34-28-14-11-22(18-27(28)23-9-5-3-6-10-23)17-25-19-24-12-13-26(33-2)20-29(24)35-30(25)32/h3,5-6,9-14,18-21H,4,7-8,15-17H2,1-2H3. The van der Waals surface area contributed by atoms with E-state index in [0.717, 1.165) is 40.9 Å². The number of ether oxygens (including phenoxy) is 2. The smallest absolute Gasteiger partial charge is 0.339 e. The van der Waals surface area contributed by atoms with Gasteiger partial charge in [0, 0.05) is 42.1 Å². The number of nitrogens with zero attached hydrogens (tertiary/aromatic N) is 1. The molecule has 0 saturated carbocycles. The molecule has 1 saturated heterocycles. The molecule has 1 unspecified atom stereocenters. The van der Waals surface area contributed by atoms with Crippen LogP contribution in [0.1, 0.15) is 37.3 Å². The van der Waals surface area contributed by atoms with Crippen molar-refractivity contribution in [2.75, 3.05) is 20.2 Å². The second kappa shape index (κ2) is 10.4. The lowest BCUT2D eigenvalue weighted by Crippen LogP contribution is -2.40. The number of hydrogen-bond donors (Lipinski definition) is 0. The summed E-state index contributed by atoms with van der Waals surface area (Å²) in [5.41, 5.74) is 3.97. The molecule has 0 amide bonds. The van der Waals surface area contributed by atoms with Gasteiger partial charge in [0.05, 0.1) is 7.11 Å². The Labute approximate surface area is 205 Å². The molecule has 0 spiro atoms. The quantitative estimate of drug-likeness (QED) is 0.299. The molecule has 5 rings (SSSR count). The van der Waals surface area contributed by atoms with Crippen LogP contribution in [0.2, 0.25) is 0 Å². The largest absolute Gasteiger partial charge is 0.497 e.